The number of alkyl halides is 3. The van der Waals surface area contributed by atoms with E-state index in [0.717, 1.165) is 63.4 Å². The fourth-order valence-corrected chi connectivity index (χ4v) is 5.57. The first-order valence-electron chi connectivity index (χ1n) is 14.0. The van der Waals surface area contributed by atoms with Crippen LogP contribution in [0.3, 0.4) is 0 Å². The first kappa shape index (κ1) is 28.1. The van der Waals surface area contributed by atoms with Gasteiger partial charge in [0.15, 0.2) is 0 Å². The van der Waals surface area contributed by atoms with E-state index in [9.17, 15) is 13.2 Å². The van der Waals surface area contributed by atoms with Gasteiger partial charge in [-0.25, -0.2) is 4.39 Å². The topological polar surface area (TPSA) is 0 Å². The Morgan fingerprint density at radius 3 is 1.82 bits per heavy atom. The second-order valence-electron chi connectivity index (χ2n) is 10.7. The maximum atomic E-state index is 15.4. The highest BCUT2D eigenvalue weighted by atomic mass is 19.4. The maximum Gasteiger partial charge on any atom is 0.419 e. The predicted octanol–water partition coefficient (Wildman–Crippen LogP) is 10.5. The molecule has 202 valence electrons. The van der Waals surface area contributed by atoms with Gasteiger partial charge in [0, 0.05) is 5.56 Å². The largest absolute Gasteiger partial charge is 0.419 e. The molecule has 0 heterocycles. The van der Waals surface area contributed by atoms with Crippen LogP contribution in [-0.4, -0.2) is 0 Å². The summed E-state index contributed by atoms with van der Waals surface area (Å²) in [7, 11) is 0. The molecule has 0 aromatic heterocycles. The number of rotatable bonds is 9. The van der Waals surface area contributed by atoms with Crippen LogP contribution >= 0.6 is 0 Å². The molecule has 0 amide bonds. The van der Waals surface area contributed by atoms with Gasteiger partial charge in [-0.1, -0.05) is 99.5 Å². The third kappa shape index (κ3) is 7.15. The molecule has 0 bridgehead atoms. The van der Waals surface area contributed by atoms with Gasteiger partial charge in [-0.15, -0.1) is 0 Å². The van der Waals surface area contributed by atoms with Crippen LogP contribution in [0.25, 0.3) is 17.2 Å². The minimum atomic E-state index is -4.77. The minimum Gasteiger partial charge on any atom is -0.206 e. The smallest absolute Gasteiger partial charge is 0.206 e. The van der Waals surface area contributed by atoms with Crippen molar-refractivity contribution in [2.45, 2.75) is 77.8 Å². The normalized spacial score (nSPS) is 18.3. The van der Waals surface area contributed by atoms with Crippen LogP contribution in [0.5, 0.6) is 0 Å². The zero-order chi connectivity index (χ0) is 27.1. The standard InChI is InChI=1S/C34H38F4/c1-3-5-25-10-12-26(13-11-25)14-15-28-16-19-29(20-17-28)31-23-22-30(32(33(31)35)34(36,37)38)21-18-27-8-6-24(4-2)7-9-27/h10-13,16-24,27H,3-9,14-15H2,1-2H3. The van der Waals surface area contributed by atoms with Crippen molar-refractivity contribution in [2.24, 2.45) is 11.8 Å². The van der Waals surface area contributed by atoms with Crippen molar-refractivity contribution in [3.63, 3.8) is 0 Å². The van der Waals surface area contributed by atoms with Crippen molar-refractivity contribution in [1.82, 2.24) is 0 Å². The Balaban J connectivity index is 1.48. The Bertz CT molecular complexity index is 1190. The molecule has 38 heavy (non-hydrogen) atoms. The molecule has 0 nitrogen and oxygen atoms in total. The first-order valence-corrected chi connectivity index (χ1v) is 14.0. The Morgan fingerprint density at radius 2 is 1.29 bits per heavy atom. The van der Waals surface area contributed by atoms with Gasteiger partial charge in [0.2, 0.25) is 0 Å². The Kier molecular flexibility index (Phi) is 9.46. The molecule has 0 unspecified atom stereocenters. The lowest BCUT2D eigenvalue weighted by Crippen LogP contribution is -2.13. The highest BCUT2D eigenvalue weighted by Crippen LogP contribution is 2.39. The van der Waals surface area contributed by atoms with E-state index in [-0.39, 0.29) is 17.0 Å². The van der Waals surface area contributed by atoms with Crippen LogP contribution in [0.4, 0.5) is 17.6 Å². The van der Waals surface area contributed by atoms with Crippen LogP contribution in [0.2, 0.25) is 0 Å². The Hall–Kier alpha value is -2.88. The number of aryl methyl sites for hydroxylation is 3. The summed E-state index contributed by atoms with van der Waals surface area (Å²) < 4.78 is 57.3. The molecule has 0 aliphatic heterocycles. The lowest BCUT2D eigenvalue weighted by Gasteiger charge is -2.25. The average Bonchev–Trinajstić information content (AvgIpc) is 2.91. The number of hydrogen-bond acceptors (Lipinski definition) is 0. The summed E-state index contributed by atoms with van der Waals surface area (Å²) in [6.45, 7) is 4.35. The quantitative estimate of drug-likeness (QED) is 0.245. The lowest BCUT2D eigenvalue weighted by atomic mass is 9.80. The highest BCUT2D eigenvalue weighted by molar-refractivity contribution is 5.69. The van der Waals surface area contributed by atoms with Crippen molar-refractivity contribution in [2.75, 3.05) is 0 Å². The number of halogens is 4. The molecular weight excluding hydrogens is 484 g/mol. The Morgan fingerprint density at radius 1 is 0.737 bits per heavy atom. The second kappa shape index (κ2) is 12.8. The molecule has 3 aromatic carbocycles. The third-order valence-corrected chi connectivity index (χ3v) is 8.00. The second-order valence-corrected chi connectivity index (χ2v) is 10.7. The summed E-state index contributed by atoms with van der Waals surface area (Å²) in [6, 6.07) is 18.7. The van der Waals surface area contributed by atoms with Crippen molar-refractivity contribution in [3.05, 3.63) is 100 Å². The van der Waals surface area contributed by atoms with Crippen LogP contribution in [0.15, 0.2) is 66.7 Å². The molecule has 0 radical (unpaired) electrons. The summed E-state index contributed by atoms with van der Waals surface area (Å²) in [4.78, 5) is 0. The predicted molar refractivity (Wildman–Crippen MR) is 149 cm³/mol. The molecule has 1 saturated carbocycles. The van der Waals surface area contributed by atoms with Gasteiger partial charge in [0.05, 0.1) is 5.56 Å². The lowest BCUT2D eigenvalue weighted by molar-refractivity contribution is -0.140. The fraction of sp³-hybridized carbons (Fsp3) is 0.412. The van der Waals surface area contributed by atoms with Crippen molar-refractivity contribution in [3.8, 4) is 11.1 Å². The van der Waals surface area contributed by atoms with E-state index in [0.29, 0.717) is 11.5 Å². The SMILES string of the molecule is CCCc1ccc(CCc2ccc(-c3ccc(C=CC4CCC(CC)CC4)c(C(F)(F)F)c3F)cc2)cc1. The van der Waals surface area contributed by atoms with Gasteiger partial charge in [0.1, 0.15) is 5.82 Å². The zero-order valence-electron chi connectivity index (χ0n) is 22.5. The van der Waals surface area contributed by atoms with E-state index in [1.54, 1.807) is 12.1 Å². The van der Waals surface area contributed by atoms with E-state index in [1.807, 2.05) is 18.2 Å². The highest BCUT2D eigenvalue weighted by Gasteiger charge is 2.37. The number of benzene rings is 3. The number of hydrogen-bond donors (Lipinski definition) is 0. The van der Waals surface area contributed by atoms with E-state index in [2.05, 4.69) is 38.1 Å². The summed E-state index contributed by atoms with van der Waals surface area (Å²) in [6.07, 6.45) is 7.75. The van der Waals surface area contributed by atoms with E-state index >= 15 is 4.39 Å². The molecule has 0 N–H and O–H groups in total. The molecule has 4 rings (SSSR count). The average molecular weight is 523 g/mol. The van der Waals surface area contributed by atoms with Crippen molar-refractivity contribution >= 4 is 6.08 Å². The zero-order valence-corrected chi connectivity index (χ0v) is 22.5. The molecule has 1 aliphatic rings. The van der Waals surface area contributed by atoms with Crippen LogP contribution in [-0.2, 0) is 25.4 Å². The summed E-state index contributed by atoms with van der Waals surface area (Å²) in [5.74, 6) is -0.233. The molecule has 1 fully saturated rings. The van der Waals surface area contributed by atoms with E-state index in [1.165, 1.54) is 29.3 Å². The van der Waals surface area contributed by atoms with Gasteiger partial charge >= 0.3 is 6.18 Å². The number of allylic oxidation sites excluding steroid dienone is 1. The summed E-state index contributed by atoms with van der Waals surface area (Å²) in [5.41, 5.74) is 2.81. The summed E-state index contributed by atoms with van der Waals surface area (Å²) >= 11 is 0. The van der Waals surface area contributed by atoms with E-state index in [4.69, 9.17) is 0 Å². The van der Waals surface area contributed by atoms with E-state index < -0.39 is 17.6 Å². The minimum absolute atomic E-state index is 0.0176. The first-order chi connectivity index (χ1) is 18.3. The molecule has 0 saturated heterocycles. The van der Waals surface area contributed by atoms with Crippen molar-refractivity contribution < 1.29 is 17.6 Å². The summed E-state index contributed by atoms with van der Waals surface area (Å²) in [5, 5.41) is 0. The molecule has 0 spiro atoms. The maximum absolute atomic E-state index is 15.4. The van der Waals surface area contributed by atoms with Gasteiger partial charge in [0.25, 0.3) is 0 Å². The molecule has 1 aliphatic carbocycles. The van der Waals surface area contributed by atoms with Crippen LogP contribution in [0, 0.1) is 17.7 Å². The third-order valence-electron chi connectivity index (χ3n) is 8.00. The van der Waals surface area contributed by atoms with Gasteiger partial charge in [-0.3, -0.25) is 0 Å². The van der Waals surface area contributed by atoms with Gasteiger partial charge in [-0.2, -0.15) is 13.2 Å². The molecule has 3 aromatic rings. The molecular formula is C34H38F4. The van der Waals surface area contributed by atoms with Gasteiger partial charge in [-0.05, 0) is 84.6 Å². The monoisotopic (exact) mass is 522 g/mol. The van der Waals surface area contributed by atoms with Gasteiger partial charge < -0.3 is 0 Å². The van der Waals surface area contributed by atoms with Crippen molar-refractivity contribution in [1.29, 1.82) is 0 Å². The Labute approximate surface area is 224 Å². The molecule has 0 atom stereocenters. The molecule has 4 heteroatoms. The fourth-order valence-electron chi connectivity index (χ4n) is 5.57. The van der Waals surface area contributed by atoms with Crippen LogP contribution < -0.4 is 0 Å². The van der Waals surface area contributed by atoms with Crippen LogP contribution in [0.1, 0.15) is 80.2 Å².